The first-order valence-electron chi connectivity index (χ1n) is 7.62. The van der Waals surface area contributed by atoms with Crippen LogP contribution in [0.25, 0.3) is 0 Å². The lowest BCUT2D eigenvalue weighted by Gasteiger charge is -2.22. The van der Waals surface area contributed by atoms with E-state index in [1.54, 1.807) is 13.2 Å². The van der Waals surface area contributed by atoms with Crippen LogP contribution in [0.4, 0.5) is 5.82 Å². The van der Waals surface area contributed by atoms with Gasteiger partial charge in [-0.15, -0.1) is 0 Å². The van der Waals surface area contributed by atoms with E-state index in [0.717, 1.165) is 31.3 Å². The van der Waals surface area contributed by atoms with Crippen molar-refractivity contribution in [3.63, 3.8) is 0 Å². The molecule has 2 aliphatic rings. The zero-order chi connectivity index (χ0) is 14.5. The molecule has 0 aliphatic carbocycles. The van der Waals surface area contributed by atoms with Crippen molar-refractivity contribution in [3.05, 3.63) is 24.4 Å². The van der Waals surface area contributed by atoms with Crippen LogP contribution in [0.5, 0.6) is 0 Å². The van der Waals surface area contributed by atoms with Gasteiger partial charge in [-0.3, -0.25) is 4.99 Å². The van der Waals surface area contributed by atoms with Gasteiger partial charge in [0.15, 0.2) is 5.96 Å². The van der Waals surface area contributed by atoms with E-state index in [9.17, 15) is 0 Å². The second-order valence-corrected chi connectivity index (χ2v) is 5.50. The zero-order valence-corrected chi connectivity index (χ0v) is 12.4. The molecule has 21 heavy (non-hydrogen) atoms. The van der Waals surface area contributed by atoms with Crippen LogP contribution >= 0.6 is 0 Å². The Hall–Kier alpha value is -1.82. The normalized spacial score (nSPS) is 27.7. The summed E-state index contributed by atoms with van der Waals surface area (Å²) in [5.41, 5.74) is 0. The van der Waals surface area contributed by atoms with Crippen LogP contribution in [0.3, 0.4) is 0 Å². The minimum absolute atomic E-state index is 0.361. The van der Waals surface area contributed by atoms with Crippen LogP contribution in [0.1, 0.15) is 19.3 Å². The van der Waals surface area contributed by atoms with Crippen LogP contribution in [-0.4, -0.2) is 49.3 Å². The summed E-state index contributed by atoms with van der Waals surface area (Å²) in [7, 11) is 1.80. The van der Waals surface area contributed by atoms with E-state index >= 15 is 0 Å². The summed E-state index contributed by atoms with van der Waals surface area (Å²) in [5, 5.41) is 10.0. The summed E-state index contributed by atoms with van der Waals surface area (Å²) >= 11 is 0. The largest absolute Gasteiger partial charge is 0.373 e. The first kappa shape index (κ1) is 14.1. The first-order chi connectivity index (χ1) is 10.3. The molecule has 0 spiro atoms. The average Bonchev–Trinajstić information content (AvgIpc) is 3.14. The lowest BCUT2D eigenvalue weighted by Crippen LogP contribution is -2.48. The molecule has 3 atom stereocenters. The highest BCUT2D eigenvalue weighted by Crippen LogP contribution is 2.34. The number of aliphatic imine (C=N–C) groups is 1. The molecule has 3 unspecified atom stereocenters. The van der Waals surface area contributed by atoms with Gasteiger partial charge in [0.1, 0.15) is 5.82 Å². The third-order valence-electron chi connectivity index (χ3n) is 4.04. The maximum Gasteiger partial charge on any atom is 0.191 e. The molecular weight excluding hydrogens is 266 g/mol. The topological polar surface area (TPSA) is 70.6 Å². The van der Waals surface area contributed by atoms with E-state index < -0.39 is 0 Å². The third kappa shape index (κ3) is 3.64. The second kappa shape index (κ2) is 6.76. The zero-order valence-electron chi connectivity index (χ0n) is 12.4. The van der Waals surface area contributed by atoms with E-state index in [2.05, 4.69) is 25.9 Å². The highest BCUT2D eigenvalue weighted by molar-refractivity contribution is 5.80. The number of fused-ring (bicyclic) bond motifs is 2. The number of guanidine groups is 1. The van der Waals surface area contributed by atoms with Gasteiger partial charge in [-0.25, -0.2) is 4.98 Å². The molecule has 0 radical (unpaired) electrons. The second-order valence-electron chi connectivity index (χ2n) is 5.50. The van der Waals surface area contributed by atoms with Gasteiger partial charge in [0.2, 0.25) is 0 Å². The van der Waals surface area contributed by atoms with Crippen molar-refractivity contribution < 1.29 is 4.74 Å². The molecule has 3 N–H and O–H groups in total. The van der Waals surface area contributed by atoms with Crippen LogP contribution in [0.2, 0.25) is 0 Å². The Kier molecular flexibility index (Phi) is 4.55. The molecule has 114 valence electrons. The van der Waals surface area contributed by atoms with Crippen molar-refractivity contribution in [1.29, 1.82) is 0 Å². The molecule has 1 aromatic rings. The van der Waals surface area contributed by atoms with Gasteiger partial charge in [0, 0.05) is 26.3 Å². The fourth-order valence-electron chi connectivity index (χ4n) is 3.00. The Morgan fingerprint density at radius 1 is 1.38 bits per heavy atom. The van der Waals surface area contributed by atoms with Crippen molar-refractivity contribution in [1.82, 2.24) is 15.6 Å². The summed E-state index contributed by atoms with van der Waals surface area (Å²) in [6, 6.07) is 6.24. The lowest BCUT2D eigenvalue weighted by molar-refractivity contribution is 0.0992. The van der Waals surface area contributed by atoms with Crippen molar-refractivity contribution >= 4 is 11.8 Å². The van der Waals surface area contributed by atoms with Crippen molar-refractivity contribution in [3.8, 4) is 0 Å². The lowest BCUT2D eigenvalue weighted by atomic mass is 9.96. The standard InChI is InChI=1S/C15H23N5O/c1-16-15(20-12-10-11-5-6-13(12)21-11)19-9-8-18-14-4-2-3-7-17-14/h2-4,7,11-13H,5-6,8-10H2,1H3,(H,17,18)(H2,16,19,20). The summed E-state index contributed by atoms with van der Waals surface area (Å²) in [6.45, 7) is 1.59. The van der Waals surface area contributed by atoms with Gasteiger partial charge in [0.25, 0.3) is 0 Å². The number of aromatic nitrogens is 1. The monoisotopic (exact) mass is 289 g/mol. The Balaban J connectivity index is 1.37. The molecule has 0 aromatic carbocycles. The van der Waals surface area contributed by atoms with E-state index in [4.69, 9.17) is 4.74 Å². The van der Waals surface area contributed by atoms with Crippen LogP contribution in [0, 0.1) is 0 Å². The molecule has 6 nitrogen and oxygen atoms in total. The molecule has 2 aliphatic heterocycles. The average molecular weight is 289 g/mol. The fourth-order valence-corrected chi connectivity index (χ4v) is 3.00. The summed E-state index contributed by atoms with van der Waals surface area (Å²) in [5.74, 6) is 1.74. The molecule has 6 heteroatoms. The predicted molar refractivity (Wildman–Crippen MR) is 83.5 cm³/mol. The Bertz CT molecular complexity index is 478. The van der Waals surface area contributed by atoms with Crippen LogP contribution in [0.15, 0.2) is 29.4 Å². The molecule has 3 rings (SSSR count). The Morgan fingerprint density at radius 2 is 2.33 bits per heavy atom. The Labute approximate surface area is 125 Å². The minimum Gasteiger partial charge on any atom is -0.373 e. The molecule has 1 aromatic heterocycles. The summed E-state index contributed by atoms with van der Waals surface area (Å²) in [6.07, 6.45) is 6.07. The molecule has 3 heterocycles. The van der Waals surface area contributed by atoms with E-state index in [1.807, 2.05) is 18.2 Å². The number of anilines is 1. The smallest absolute Gasteiger partial charge is 0.191 e. The Morgan fingerprint density at radius 3 is 3.00 bits per heavy atom. The number of nitrogens with one attached hydrogen (secondary N) is 3. The number of rotatable bonds is 5. The molecule has 2 saturated heterocycles. The number of pyridine rings is 1. The van der Waals surface area contributed by atoms with Gasteiger partial charge in [-0.2, -0.15) is 0 Å². The maximum absolute atomic E-state index is 5.85. The van der Waals surface area contributed by atoms with Crippen molar-refractivity contribution in [2.45, 2.75) is 37.5 Å². The number of ether oxygens (including phenoxy) is 1. The highest BCUT2D eigenvalue weighted by atomic mass is 16.5. The summed E-state index contributed by atoms with van der Waals surface area (Å²) in [4.78, 5) is 8.50. The number of nitrogens with zero attached hydrogens (tertiary/aromatic N) is 2. The molecule has 2 fully saturated rings. The predicted octanol–water partition coefficient (Wildman–Crippen LogP) is 0.978. The molecular formula is C15H23N5O. The fraction of sp³-hybridized carbons (Fsp3) is 0.600. The molecule has 0 saturated carbocycles. The first-order valence-corrected chi connectivity index (χ1v) is 7.62. The number of hydrogen-bond donors (Lipinski definition) is 3. The van der Waals surface area contributed by atoms with Gasteiger partial charge in [-0.05, 0) is 31.4 Å². The van der Waals surface area contributed by atoms with Gasteiger partial charge < -0.3 is 20.7 Å². The quantitative estimate of drug-likeness (QED) is 0.428. The maximum atomic E-state index is 5.85. The molecule has 2 bridgehead atoms. The highest BCUT2D eigenvalue weighted by Gasteiger charge is 2.40. The van der Waals surface area contributed by atoms with E-state index in [0.29, 0.717) is 18.2 Å². The van der Waals surface area contributed by atoms with Gasteiger partial charge in [-0.1, -0.05) is 6.07 Å². The third-order valence-corrected chi connectivity index (χ3v) is 4.04. The van der Waals surface area contributed by atoms with Crippen LogP contribution in [-0.2, 0) is 4.74 Å². The summed E-state index contributed by atoms with van der Waals surface area (Å²) < 4.78 is 5.85. The van der Waals surface area contributed by atoms with Gasteiger partial charge >= 0.3 is 0 Å². The van der Waals surface area contributed by atoms with E-state index in [-0.39, 0.29) is 0 Å². The van der Waals surface area contributed by atoms with E-state index in [1.165, 1.54) is 12.8 Å². The van der Waals surface area contributed by atoms with Crippen molar-refractivity contribution in [2.24, 2.45) is 4.99 Å². The molecule has 0 amide bonds. The van der Waals surface area contributed by atoms with Crippen molar-refractivity contribution in [2.75, 3.05) is 25.5 Å². The van der Waals surface area contributed by atoms with Crippen LogP contribution < -0.4 is 16.0 Å². The number of hydrogen-bond acceptors (Lipinski definition) is 4. The minimum atomic E-state index is 0.361. The SMILES string of the molecule is CN=C(NCCNc1ccccn1)NC1CC2CCC1O2. The van der Waals surface area contributed by atoms with Gasteiger partial charge in [0.05, 0.1) is 18.2 Å².